The molecule has 1 saturated heterocycles. The first-order valence-corrected chi connectivity index (χ1v) is 5.09. The van der Waals surface area contributed by atoms with Crippen LogP contribution in [0.4, 0.5) is 17.1 Å². The average Bonchev–Trinajstić information content (AvgIpc) is 2.27. The predicted molar refractivity (Wildman–Crippen MR) is 62.9 cm³/mol. The molecule has 1 aromatic carbocycles. The molecule has 0 saturated carbocycles. The van der Waals surface area contributed by atoms with Crippen LogP contribution in [0.2, 0.25) is 0 Å². The lowest BCUT2D eigenvalue weighted by molar-refractivity contribution is -0.384. The van der Waals surface area contributed by atoms with E-state index < -0.39 is 16.7 Å². The van der Waals surface area contributed by atoms with Gasteiger partial charge in [0.2, 0.25) is 11.8 Å². The molecule has 1 aromatic rings. The molecule has 0 atom stereocenters. The number of hydrogen-bond donors (Lipinski definition) is 2. The monoisotopic (exact) mass is 250 g/mol. The highest BCUT2D eigenvalue weighted by Gasteiger charge is 2.24. The minimum atomic E-state index is -0.561. The molecule has 1 heterocycles. The van der Waals surface area contributed by atoms with Gasteiger partial charge < -0.3 is 10.6 Å². The normalized spacial score (nSPS) is 15.4. The molecule has 0 spiro atoms. The van der Waals surface area contributed by atoms with Crippen molar-refractivity contribution in [3.8, 4) is 0 Å². The first kappa shape index (κ1) is 11.8. The van der Waals surface area contributed by atoms with Crippen LogP contribution < -0.4 is 16.0 Å². The number of nitro benzene ring substituents is 1. The van der Waals surface area contributed by atoms with Crippen molar-refractivity contribution < 1.29 is 14.5 Å². The fraction of sp³-hybridized carbons (Fsp3) is 0.200. The summed E-state index contributed by atoms with van der Waals surface area (Å²) in [7, 11) is 0. The number of anilines is 2. The van der Waals surface area contributed by atoms with Crippen LogP contribution in [0.3, 0.4) is 0 Å². The minimum Gasteiger partial charge on any atom is -0.397 e. The van der Waals surface area contributed by atoms with E-state index in [1.165, 1.54) is 23.1 Å². The van der Waals surface area contributed by atoms with Gasteiger partial charge in [-0.3, -0.25) is 25.0 Å². The smallest absolute Gasteiger partial charge is 0.271 e. The summed E-state index contributed by atoms with van der Waals surface area (Å²) in [6, 6.07) is 3.91. The van der Waals surface area contributed by atoms with Crippen LogP contribution in [0.1, 0.15) is 0 Å². The minimum absolute atomic E-state index is 0.00620. The summed E-state index contributed by atoms with van der Waals surface area (Å²) in [5.41, 5.74) is 6.15. The molecular formula is C10H10N4O4. The number of imide groups is 1. The molecule has 2 amide bonds. The number of benzene rings is 1. The summed E-state index contributed by atoms with van der Waals surface area (Å²) in [5.74, 6) is -0.854. The molecule has 18 heavy (non-hydrogen) atoms. The number of hydrogen-bond acceptors (Lipinski definition) is 6. The summed E-state index contributed by atoms with van der Waals surface area (Å²) in [5, 5.41) is 12.7. The summed E-state index contributed by atoms with van der Waals surface area (Å²) < 4.78 is 0. The number of non-ortho nitro benzene ring substituents is 1. The topological polar surface area (TPSA) is 119 Å². The molecule has 3 N–H and O–H groups in total. The first-order chi connectivity index (χ1) is 8.47. The van der Waals surface area contributed by atoms with Gasteiger partial charge in [0.15, 0.2) is 0 Å². The molecule has 0 aromatic heterocycles. The molecule has 94 valence electrons. The van der Waals surface area contributed by atoms with Crippen molar-refractivity contribution >= 4 is 28.9 Å². The van der Waals surface area contributed by atoms with E-state index in [0.29, 0.717) is 5.69 Å². The molecule has 2 rings (SSSR count). The van der Waals surface area contributed by atoms with Gasteiger partial charge in [-0.15, -0.1) is 0 Å². The maximum atomic E-state index is 11.2. The second kappa shape index (κ2) is 4.32. The number of piperazine rings is 1. The Morgan fingerprint density at radius 1 is 1.28 bits per heavy atom. The van der Waals surface area contributed by atoms with Gasteiger partial charge in [0, 0.05) is 12.1 Å². The van der Waals surface area contributed by atoms with E-state index in [2.05, 4.69) is 5.32 Å². The Kier molecular flexibility index (Phi) is 2.84. The molecule has 1 aliphatic heterocycles. The Balaban J connectivity index is 2.31. The van der Waals surface area contributed by atoms with Crippen molar-refractivity contribution in [3.05, 3.63) is 28.3 Å². The fourth-order valence-electron chi connectivity index (χ4n) is 1.75. The zero-order valence-electron chi connectivity index (χ0n) is 9.25. The van der Waals surface area contributed by atoms with Crippen LogP contribution >= 0.6 is 0 Å². The Labute approximate surface area is 102 Å². The molecule has 0 aliphatic carbocycles. The van der Waals surface area contributed by atoms with Gasteiger partial charge in [0.05, 0.1) is 29.4 Å². The van der Waals surface area contributed by atoms with E-state index in [1.54, 1.807) is 0 Å². The Bertz CT molecular complexity index is 527. The summed E-state index contributed by atoms with van der Waals surface area (Å²) in [6.45, 7) is -0.0124. The van der Waals surface area contributed by atoms with Crippen molar-refractivity contribution in [3.63, 3.8) is 0 Å². The molecule has 0 bridgehead atoms. The van der Waals surface area contributed by atoms with Crippen molar-refractivity contribution in [2.75, 3.05) is 23.7 Å². The number of nitrogen functional groups attached to an aromatic ring is 1. The lowest BCUT2D eigenvalue weighted by Gasteiger charge is -2.28. The van der Waals surface area contributed by atoms with Crippen LogP contribution in [0.5, 0.6) is 0 Å². The van der Waals surface area contributed by atoms with Crippen molar-refractivity contribution in [1.29, 1.82) is 0 Å². The SMILES string of the molecule is Nc1cc([N+](=O)[O-])ccc1N1CC(=O)NC(=O)C1. The molecule has 8 nitrogen and oxygen atoms in total. The van der Waals surface area contributed by atoms with Crippen LogP contribution in [0.25, 0.3) is 0 Å². The number of carbonyl (C=O) groups is 2. The number of nitrogens with zero attached hydrogens (tertiary/aromatic N) is 2. The lowest BCUT2D eigenvalue weighted by atomic mass is 10.2. The molecule has 8 heteroatoms. The highest BCUT2D eigenvalue weighted by molar-refractivity contribution is 6.03. The number of rotatable bonds is 2. The third kappa shape index (κ3) is 2.21. The number of nitrogens with two attached hydrogens (primary N) is 1. The summed E-state index contributed by atoms with van der Waals surface area (Å²) in [6.07, 6.45) is 0. The second-order valence-corrected chi connectivity index (χ2v) is 3.83. The summed E-state index contributed by atoms with van der Waals surface area (Å²) >= 11 is 0. The maximum absolute atomic E-state index is 11.2. The molecular weight excluding hydrogens is 240 g/mol. The number of carbonyl (C=O) groups excluding carboxylic acids is 2. The van der Waals surface area contributed by atoms with Gasteiger partial charge >= 0.3 is 0 Å². The van der Waals surface area contributed by atoms with E-state index >= 15 is 0 Å². The van der Waals surface area contributed by atoms with E-state index in [9.17, 15) is 19.7 Å². The zero-order valence-corrected chi connectivity index (χ0v) is 9.25. The van der Waals surface area contributed by atoms with Gasteiger partial charge in [-0.2, -0.15) is 0 Å². The Morgan fingerprint density at radius 2 is 1.89 bits per heavy atom. The van der Waals surface area contributed by atoms with Gasteiger partial charge in [0.25, 0.3) is 5.69 Å². The van der Waals surface area contributed by atoms with Gasteiger partial charge in [0.1, 0.15) is 0 Å². The third-order valence-electron chi connectivity index (χ3n) is 2.51. The summed E-state index contributed by atoms with van der Waals surface area (Å²) in [4.78, 5) is 33.9. The number of nitro groups is 1. The largest absolute Gasteiger partial charge is 0.397 e. The Morgan fingerprint density at radius 3 is 2.39 bits per heavy atom. The first-order valence-electron chi connectivity index (χ1n) is 5.09. The molecule has 0 unspecified atom stereocenters. The van der Waals surface area contributed by atoms with Crippen molar-refractivity contribution in [1.82, 2.24) is 5.32 Å². The van der Waals surface area contributed by atoms with Gasteiger partial charge in [-0.25, -0.2) is 0 Å². The van der Waals surface area contributed by atoms with Gasteiger partial charge in [-0.05, 0) is 6.07 Å². The van der Waals surface area contributed by atoms with Crippen LogP contribution in [0.15, 0.2) is 18.2 Å². The van der Waals surface area contributed by atoms with E-state index in [1.807, 2.05) is 0 Å². The second-order valence-electron chi connectivity index (χ2n) is 3.83. The van der Waals surface area contributed by atoms with Crippen LogP contribution in [-0.2, 0) is 9.59 Å². The zero-order chi connectivity index (χ0) is 13.3. The molecule has 1 fully saturated rings. The maximum Gasteiger partial charge on any atom is 0.271 e. The van der Waals surface area contributed by atoms with Crippen molar-refractivity contribution in [2.24, 2.45) is 0 Å². The highest BCUT2D eigenvalue weighted by atomic mass is 16.6. The number of amides is 2. The Hall–Kier alpha value is -2.64. The van der Waals surface area contributed by atoms with E-state index in [0.717, 1.165) is 0 Å². The average molecular weight is 250 g/mol. The van der Waals surface area contributed by atoms with E-state index in [4.69, 9.17) is 5.73 Å². The molecule has 0 radical (unpaired) electrons. The number of nitrogens with one attached hydrogen (secondary N) is 1. The lowest BCUT2D eigenvalue weighted by Crippen LogP contribution is -2.51. The highest BCUT2D eigenvalue weighted by Crippen LogP contribution is 2.27. The third-order valence-corrected chi connectivity index (χ3v) is 2.51. The van der Waals surface area contributed by atoms with Crippen LogP contribution in [-0.4, -0.2) is 29.8 Å². The predicted octanol–water partition coefficient (Wildman–Crippen LogP) is -0.360. The standard InChI is InChI=1S/C10H10N4O4/c11-7-3-6(14(17)18)1-2-8(7)13-4-9(15)12-10(16)5-13/h1-3H,4-5,11H2,(H,12,15,16). The van der Waals surface area contributed by atoms with E-state index in [-0.39, 0.29) is 24.5 Å². The van der Waals surface area contributed by atoms with Crippen molar-refractivity contribution in [2.45, 2.75) is 0 Å². The quantitative estimate of drug-likeness (QED) is 0.320. The van der Waals surface area contributed by atoms with Gasteiger partial charge in [-0.1, -0.05) is 0 Å². The fourth-order valence-corrected chi connectivity index (χ4v) is 1.75. The molecule has 1 aliphatic rings. The van der Waals surface area contributed by atoms with Crippen LogP contribution in [0, 0.1) is 10.1 Å².